The number of hydrogen-bond donors (Lipinski definition) is 1. The number of rotatable bonds is 7. The molecule has 5 heteroatoms. The Kier molecular flexibility index (Phi) is 4.69. The average molecular weight is 316 g/mol. The highest BCUT2D eigenvalue weighted by Crippen LogP contribution is 2.42. The lowest BCUT2D eigenvalue weighted by atomic mass is 10.1. The number of ether oxygens (including phenoxy) is 4. The van der Waals surface area contributed by atoms with Crippen molar-refractivity contribution in [3.8, 4) is 17.2 Å². The van der Waals surface area contributed by atoms with Crippen LogP contribution in [0.15, 0.2) is 42.5 Å². The minimum atomic E-state index is -0.694. The second-order valence-corrected chi connectivity index (χ2v) is 5.35. The second kappa shape index (κ2) is 6.89. The van der Waals surface area contributed by atoms with Gasteiger partial charge in [0.2, 0.25) is 5.75 Å². The molecule has 0 radical (unpaired) electrons. The summed E-state index contributed by atoms with van der Waals surface area (Å²) in [5.41, 5.74) is 1.74. The van der Waals surface area contributed by atoms with Crippen LogP contribution in [-0.4, -0.2) is 32.0 Å². The Morgan fingerprint density at radius 2 is 1.74 bits per heavy atom. The zero-order valence-corrected chi connectivity index (χ0v) is 13.2. The fraction of sp³-hybridized carbons (Fsp3) is 0.333. The molecule has 5 nitrogen and oxygen atoms in total. The first-order valence-corrected chi connectivity index (χ1v) is 7.45. The summed E-state index contributed by atoms with van der Waals surface area (Å²) in [4.78, 5) is 0. The van der Waals surface area contributed by atoms with E-state index in [-0.39, 0.29) is 6.10 Å². The van der Waals surface area contributed by atoms with Gasteiger partial charge in [-0.15, -0.1) is 0 Å². The molecule has 1 saturated heterocycles. The van der Waals surface area contributed by atoms with Crippen LogP contribution in [-0.2, 0) is 11.3 Å². The van der Waals surface area contributed by atoms with Crippen LogP contribution in [0.25, 0.3) is 0 Å². The molecule has 0 spiro atoms. The van der Waals surface area contributed by atoms with Gasteiger partial charge in [0.05, 0.1) is 20.8 Å². The van der Waals surface area contributed by atoms with E-state index >= 15 is 0 Å². The van der Waals surface area contributed by atoms with E-state index in [1.807, 2.05) is 30.3 Å². The normalized spacial score (nSPS) is 17.4. The molecule has 0 bridgehead atoms. The first-order chi connectivity index (χ1) is 11.2. The zero-order chi connectivity index (χ0) is 16.2. The molecule has 0 saturated carbocycles. The van der Waals surface area contributed by atoms with Gasteiger partial charge < -0.3 is 24.1 Å². The maximum absolute atomic E-state index is 10.2. The molecule has 1 aliphatic rings. The molecular formula is C18H20O5. The maximum Gasteiger partial charge on any atom is 0.203 e. The first kappa shape index (κ1) is 15.6. The van der Waals surface area contributed by atoms with E-state index in [1.165, 1.54) is 0 Å². The number of benzene rings is 2. The van der Waals surface area contributed by atoms with Gasteiger partial charge in [0.25, 0.3) is 0 Å². The third-order valence-corrected chi connectivity index (χ3v) is 3.76. The standard InChI is InChI=1S/C18H20O5/c1-20-14-8-13(17(19)16-11-22-16)9-15(21-2)18(14)23-10-12-6-4-3-5-7-12/h3-9,16-17,19H,10-11H2,1-2H3/t16-,17?/m1/s1. The summed E-state index contributed by atoms with van der Waals surface area (Å²) in [5, 5.41) is 10.2. The van der Waals surface area contributed by atoms with Crippen molar-refractivity contribution in [2.75, 3.05) is 20.8 Å². The predicted molar refractivity (Wildman–Crippen MR) is 85.0 cm³/mol. The topological polar surface area (TPSA) is 60.5 Å². The number of methoxy groups -OCH3 is 2. The Bertz CT molecular complexity index is 627. The van der Waals surface area contributed by atoms with Crippen molar-refractivity contribution in [1.82, 2.24) is 0 Å². The minimum absolute atomic E-state index is 0.152. The fourth-order valence-corrected chi connectivity index (χ4v) is 2.40. The Hall–Kier alpha value is -2.24. The van der Waals surface area contributed by atoms with Gasteiger partial charge in [-0.3, -0.25) is 0 Å². The van der Waals surface area contributed by atoms with Crippen LogP contribution in [0.3, 0.4) is 0 Å². The van der Waals surface area contributed by atoms with Gasteiger partial charge in [-0.2, -0.15) is 0 Å². The average Bonchev–Trinajstić information content (AvgIpc) is 3.44. The Morgan fingerprint density at radius 1 is 1.13 bits per heavy atom. The van der Waals surface area contributed by atoms with E-state index in [4.69, 9.17) is 18.9 Å². The molecule has 1 aliphatic heterocycles. The molecule has 3 rings (SSSR count). The monoisotopic (exact) mass is 316 g/mol. The van der Waals surface area contributed by atoms with Crippen LogP contribution in [0.5, 0.6) is 17.2 Å². The van der Waals surface area contributed by atoms with E-state index in [0.717, 1.165) is 5.56 Å². The first-order valence-electron chi connectivity index (χ1n) is 7.45. The van der Waals surface area contributed by atoms with Gasteiger partial charge in [0, 0.05) is 0 Å². The SMILES string of the molecule is COc1cc(C(O)[C@H]2CO2)cc(OC)c1OCc1ccccc1. The maximum atomic E-state index is 10.2. The van der Waals surface area contributed by atoms with Gasteiger partial charge in [-0.25, -0.2) is 0 Å². The second-order valence-electron chi connectivity index (χ2n) is 5.35. The van der Waals surface area contributed by atoms with Gasteiger partial charge in [0.15, 0.2) is 11.5 Å². The highest BCUT2D eigenvalue weighted by Gasteiger charge is 2.33. The van der Waals surface area contributed by atoms with Gasteiger partial charge >= 0.3 is 0 Å². The summed E-state index contributed by atoms with van der Waals surface area (Å²) in [5.74, 6) is 1.57. The number of epoxide rings is 1. The van der Waals surface area contributed by atoms with Crippen LogP contribution in [0.4, 0.5) is 0 Å². The highest BCUT2D eigenvalue weighted by atomic mass is 16.6. The van der Waals surface area contributed by atoms with Crippen molar-refractivity contribution < 1.29 is 24.1 Å². The predicted octanol–water partition coefficient (Wildman–Crippen LogP) is 2.72. The molecule has 23 heavy (non-hydrogen) atoms. The summed E-state index contributed by atoms with van der Waals surface area (Å²) in [6, 6.07) is 13.4. The minimum Gasteiger partial charge on any atom is -0.493 e. The zero-order valence-electron chi connectivity index (χ0n) is 13.2. The van der Waals surface area contributed by atoms with Crippen molar-refractivity contribution >= 4 is 0 Å². The van der Waals surface area contributed by atoms with Gasteiger partial charge in [-0.05, 0) is 23.3 Å². The third kappa shape index (κ3) is 3.57. The fourth-order valence-electron chi connectivity index (χ4n) is 2.40. The summed E-state index contributed by atoms with van der Waals surface area (Å²) in [6.45, 7) is 0.971. The molecule has 1 fully saturated rings. The molecule has 1 unspecified atom stereocenters. The quantitative estimate of drug-likeness (QED) is 0.796. The number of aliphatic hydroxyl groups excluding tert-OH is 1. The molecule has 1 heterocycles. The molecule has 2 aromatic rings. The van der Waals surface area contributed by atoms with E-state index < -0.39 is 6.10 Å². The highest BCUT2D eigenvalue weighted by molar-refractivity contribution is 5.54. The summed E-state index contributed by atoms with van der Waals surface area (Å²) in [6.07, 6.45) is -0.846. The van der Waals surface area contributed by atoms with Gasteiger partial charge in [0.1, 0.15) is 18.8 Å². The van der Waals surface area contributed by atoms with E-state index in [1.54, 1.807) is 26.4 Å². The van der Waals surface area contributed by atoms with Crippen molar-refractivity contribution in [1.29, 1.82) is 0 Å². The van der Waals surface area contributed by atoms with Crippen LogP contribution in [0, 0.1) is 0 Å². The van der Waals surface area contributed by atoms with Crippen molar-refractivity contribution in [2.45, 2.75) is 18.8 Å². The Labute approximate surface area is 135 Å². The van der Waals surface area contributed by atoms with E-state index in [2.05, 4.69) is 0 Å². The third-order valence-electron chi connectivity index (χ3n) is 3.76. The molecule has 2 atom stereocenters. The summed E-state index contributed by atoms with van der Waals surface area (Å²) >= 11 is 0. The lowest BCUT2D eigenvalue weighted by Gasteiger charge is -2.17. The molecule has 122 valence electrons. The molecule has 1 N–H and O–H groups in total. The van der Waals surface area contributed by atoms with Crippen LogP contribution >= 0.6 is 0 Å². The van der Waals surface area contributed by atoms with Crippen LogP contribution < -0.4 is 14.2 Å². The van der Waals surface area contributed by atoms with Crippen molar-refractivity contribution in [3.05, 3.63) is 53.6 Å². The van der Waals surface area contributed by atoms with Crippen LogP contribution in [0.2, 0.25) is 0 Å². The van der Waals surface area contributed by atoms with E-state index in [9.17, 15) is 5.11 Å². The number of aliphatic hydroxyl groups is 1. The molecule has 0 amide bonds. The van der Waals surface area contributed by atoms with Crippen molar-refractivity contribution in [3.63, 3.8) is 0 Å². The smallest absolute Gasteiger partial charge is 0.203 e. The summed E-state index contributed by atoms with van der Waals surface area (Å²) in [7, 11) is 3.13. The molecule has 0 aromatic heterocycles. The Balaban J connectivity index is 1.85. The van der Waals surface area contributed by atoms with Crippen molar-refractivity contribution in [2.24, 2.45) is 0 Å². The molecular weight excluding hydrogens is 296 g/mol. The Morgan fingerprint density at radius 3 is 2.26 bits per heavy atom. The summed E-state index contributed by atoms with van der Waals surface area (Å²) < 4.78 is 21.8. The van der Waals surface area contributed by atoms with E-state index in [0.29, 0.717) is 36.0 Å². The molecule has 2 aromatic carbocycles. The lowest BCUT2D eigenvalue weighted by Crippen LogP contribution is -2.07. The van der Waals surface area contributed by atoms with Crippen LogP contribution in [0.1, 0.15) is 17.2 Å². The number of hydrogen-bond acceptors (Lipinski definition) is 5. The molecule has 0 aliphatic carbocycles. The lowest BCUT2D eigenvalue weighted by molar-refractivity contribution is 0.136. The largest absolute Gasteiger partial charge is 0.493 e. The van der Waals surface area contributed by atoms with Gasteiger partial charge in [-0.1, -0.05) is 30.3 Å².